The fourth-order valence-electron chi connectivity index (χ4n) is 6.34. The van der Waals surface area contributed by atoms with Crippen LogP contribution in [0.5, 0.6) is 0 Å². The number of hydrogen-bond donors (Lipinski definition) is 0. The van der Waals surface area contributed by atoms with E-state index in [0.717, 1.165) is 12.3 Å². The van der Waals surface area contributed by atoms with Gasteiger partial charge in [-0.25, -0.2) is 8.42 Å². The van der Waals surface area contributed by atoms with Crippen molar-refractivity contribution < 1.29 is 21.8 Å². The van der Waals surface area contributed by atoms with E-state index in [4.69, 9.17) is 0 Å². The lowest BCUT2D eigenvalue weighted by Gasteiger charge is -2.39. The number of fused-ring (bicyclic) bond motifs is 9. The summed E-state index contributed by atoms with van der Waals surface area (Å²) >= 11 is 0. The number of halogens is 2. The van der Waals surface area contributed by atoms with E-state index in [0.29, 0.717) is 30.1 Å². The van der Waals surface area contributed by atoms with Crippen LogP contribution >= 0.6 is 0 Å². The Hall–Kier alpha value is -0.230. The maximum Gasteiger partial charge on any atom is 0.334 e. The van der Waals surface area contributed by atoms with Crippen LogP contribution < -0.4 is 0 Å². The van der Waals surface area contributed by atoms with Crippen LogP contribution in [0.3, 0.4) is 0 Å². The van der Waals surface area contributed by atoms with Crippen LogP contribution in [-0.2, 0) is 10.1 Å². The molecule has 0 aromatic heterocycles. The molecule has 0 radical (unpaired) electrons. The Morgan fingerprint density at radius 1 is 1.00 bits per heavy atom. The summed E-state index contributed by atoms with van der Waals surface area (Å²) in [5, 5.41) is -4.09. The second-order valence-corrected chi connectivity index (χ2v) is 8.94. The number of rotatable bonds is 3. The van der Waals surface area contributed by atoms with Gasteiger partial charge in [-0.3, -0.25) is 0 Å². The van der Waals surface area contributed by atoms with Gasteiger partial charge in [-0.15, -0.1) is 0 Å². The fourth-order valence-corrected chi connectivity index (χ4v) is 6.76. The lowest BCUT2D eigenvalue weighted by atomic mass is 9.67. The molecule has 4 aliphatic carbocycles. The summed E-state index contributed by atoms with van der Waals surface area (Å²) in [5.41, 5.74) is 0. The van der Waals surface area contributed by atoms with Crippen LogP contribution in [0.15, 0.2) is 0 Å². The summed E-state index contributed by atoms with van der Waals surface area (Å²) in [6.07, 6.45) is 4.72. The third-order valence-electron chi connectivity index (χ3n) is 6.74. The van der Waals surface area contributed by atoms with Crippen molar-refractivity contribution >= 4 is 10.1 Å². The van der Waals surface area contributed by atoms with Crippen LogP contribution in [0.4, 0.5) is 8.78 Å². The van der Waals surface area contributed by atoms with Crippen molar-refractivity contribution in [2.75, 3.05) is 0 Å². The van der Waals surface area contributed by atoms with E-state index in [1.165, 1.54) is 19.3 Å². The quantitative estimate of drug-likeness (QED) is 0.595. The smallest absolute Gasteiger partial charge is 0.334 e. The first kappa shape index (κ1) is 13.4. The van der Waals surface area contributed by atoms with Crippen molar-refractivity contribution in [3.05, 3.63) is 0 Å². The molecule has 0 aromatic carbocycles. The first-order chi connectivity index (χ1) is 9.28. The predicted molar refractivity (Wildman–Crippen MR) is 66.8 cm³/mol. The van der Waals surface area contributed by atoms with Crippen molar-refractivity contribution in [3.8, 4) is 0 Å². The van der Waals surface area contributed by atoms with Gasteiger partial charge in [-0.1, -0.05) is 0 Å². The Bertz CT molecular complexity index is 533. The van der Waals surface area contributed by atoms with E-state index in [9.17, 15) is 21.8 Å². The van der Waals surface area contributed by atoms with Crippen molar-refractivity contribution in [2.45, 2.75) is 43.8 Å². The molecule has 114 valence electrons. The van der Waals surface area contributed by atoms with Gasteiger partial charge in [0.1, 0.15) is 0 Å². The summed E-state index contributed by atoms with van der Waals surface area (Å²) < 4.78 is 59.2. The summed E-state index contributed by atoms with van der Waals surface area (Å²) in [6.45, 7) is 0. The van der Waals surface area contributed by atoms with E-state index in [1.807, 2.05) is 0 Å². The van der Waals surface area contributed by atoms with Crippen LogP contribution in [0.2, 0.25) is 0 Å². The molecule has 7 atom stereocenters. The van der Waals surface area contributed by atoms with Gasteiger partial charge in [0.05, 0.1) is 0 Å². The minimum Gasteiger partial charge on any atom is -0.743 e. The Morgan fingerprint density at radius 3 is 2.30 bits per heavy atom. The number of hydrogen-bond acceptors (Lipinski definition) is 3. The van der Waals surface area contributed by atoms with Gasteiger partial charge in [0, 0.05) is 6.42 Å². The van der Waals surface area contributed by atoms with E-state index in [-0.39, 0.29) is 11.8 Å². The zero-order valence-electron chi connectivity index (χ0n) is 11.2. The standard InChI is InChI=1S/C14H20F2O3S/c15-14(16,20(17,18)19)6-10-4-9-5-11(10)13-8-2-1-7(3-8)12(9)13/h7-13H,1-6H2,(H,17,18,19)/p-1. The molecule has 4 bridgehead atoms. The Kier molecular flexibility index (Phi) is 2.65. The first-order valence-corrected chi connectivity index (χ1v) is 9.02. The first-order valence-electron chi connectivity index (χ1n) is 7.61. The second-order valence-electron chi connectivity index (χ2n) is 7.44. The molecular formula is C14H19F2O3S-. The third-order valence-corrected chi connectivity index (χ3v) is 7.64. The molecule has 0 spiro atoms. The zero-order valence-corrected chi connectivity index (χ0v) is 12.0. The maximum atomic E-state index is 13.5. The van der Waals surface area contributed by atoms with Gasteiger partial charge in [-0.2, -0.15) is 8.78 Å². The summed E-state index contributed by atoms with van der Waals surface area (Å²) in [7, 11) is -5.52. The predicted octanol–water partition coefficient (Wildman–Crippen LogP) is 2.83. The summed E-state index contributed by atoms with van der Waals surface area (Å²) in [5.74, 6) is 3.22. The van der Waals surface area contributed by atoms with Gasteiger partial charge >= 0.3 is 5.25 Å². The monoisotopic (exact) mass is 305 g/mol. The topological polar surface area (TPSA) is 57.2 Å². The molecular weight excluding hydrogens is 286 g/mol. The molecule has 4 rings (SSSR count). The van der Waals surface area contributed by atoms with Gasteiger partial charge in [-0.05, 0) is 73.5 Å². The van der Waals surface area contributed by atoms with Crippen molar-refractivity contribution in [1.82, 2.24) is 0 Å². The van der Waals surface area contributed by atoms with Crippen LogP contribution in [-0.4, -0.2) is 18.2 Å². The lowest BCUT2D eigenvalue weighted by molar-refractivity contribution is 0.0178. The summed E-state index contributed by atoms with van der Waals surface area (Å²) in [6, 6.07) is 0. The molecule has 20 heavy (non-hydrogen) atoms. The normalized spacial score (nSPS) is 49.9. The highest BCUT2D eigenvalue weighted by Gasteiger charge is 2.63. The molecule has 3 nitrogen and oxygen atoms in total. The van der Waals surface area contributed by atoms with Crippen molar-refractivity contribution in [3.63, 3.8) is 0 Å². The van der Waals surface area contributed by atoms with Gasteiger partial charge in [0.25, 0.3) is 0 Å². The molecule has 7 unspecified atom stereocenters. The zero-order chi connectivity index (χ0) is 14.3. The fraction of sp³-hybridized carbons (Fsp3) is 1.00. The highest BCUT2D eigenvalue weighted by Crippen LogP contribution is 2.69. The number of alkyl halides is 2. The molecule has 4 fully saturated rings. The highest BCUT2D eigenvalue weighted by atomic mass is 32.2. The van der Waals surface area contributed by atoms with Gasteiger partial charge < -0.3 is 4.55 Å². The third kappa shape index (κ3) is 1.67. The highest BCUT2D eigenvalue weighted by molar-refractivity contribution is 7.86. The molecule has 4 aliphatic rings. The van der Waals surface area contributed by atoms with Crippen molar-refractivity contribution in [2.24, 2.45) is 41.4 Å². The van der Waals surface area contributed by atoms with Crippen LogP contribution in [0.1, 0.15) is 38.5 Å². The second kappa shape index (κ2) is 3.94. The van der Waals surface area contributed by atoms with Crippen LogP contribution in [0.25, 0.3) is 0 Å². The molecule has 0 heterocycles. The Morgan fingerprint density at radius 2 is 1.65 bits per heavy atom. The molecule has 4 saturated carbocycles. The minimum atomic E-state index is -5.52. The lowest BCUT2D eigenvalue weighted by Crippen LogP contribution is -2.37. The van der Waals surface area contributed by atoms with Gasteiger partial charge in [0.2, 0.25) is 0 Å². The van der Waals surface area contributed by atoms with E-state index in [2.05, 4.69) is 0 Å². The Balaban J connectivity index is 1.54. The minimum absolute atomic E-state index is 0.243. The summed E-state index contributed by atoms with van der Waals surface area (Å²) in [4.78, 5) is 0. The molecule has 6 heteroatoms. The average molecular weight is 305 g/mol. The van der Waals surface area contributed by atoms with E-state index in [1.54, 1.807) is 0 Å². The molecule has 0 saturated heterocycles. The molecule has 0 aliphatic heterocycles. The Labute approximate surface area is 117 Å². The molecule has 0 N–H and O–H groups in total. The van der Waals surface area contributed by atoms with E-state index < -0.39 is 21.8 Å². The van der Waals surface area contributed by atoms with E-state index >= 15 is 0 Å². The largest absolute Gasteiger partial charge is 0.743 e. The maximum absolute atomic E-state index is 13.5. The van der Waals surface area contributed by atoms with Crippen molar-refractivity contribution in [1.29, 1.82) is 0 Å². The van der Waals surface area contributed by atoms with Crippen LogP contribution in [0, 0.1) is 41.4 Å². The van der Waals surface area contributed by atoms with Gasteiger partial charge in [0.15, 0.2) is 10.1 Å². The average Bonchev–Trinajstić information content (AvgIpc) is 3.04. The molecule has 0 aromatic rings. The SMILES string of the molecule is O=S(=O)([O-])C(F)(F)CC1CC2CC1C1C3CCC(C3)C21. The molecule has 0 amide bonds.